The lowest BCUT2D eigenvalue weighted by molar-refractivity contribution is 0.0619. The third kappa shape index (κ3) is 3.08. The van der Waals surface area contributed by atoms with Crippen LogP contribution in [0.15, 0.2) is 48.8 Å². The molecule has 2 amide bonds. The number of hydrogen-bond donors (Lipinski definition) is 0. The van der Waals surface area contributed by atoms with Crippen LogP contribution in [0.5, 0.6) is 0 Å². The number of ether oxygens (including phenoxy) is 1. The van der Waals surface area contributed by atoms with Gasteiger partial charge in [0.05, 0.1) is 22.8 Å². The summed E-state index contributed by atoms with van der Waals surface area (Å²) in [6.07, 6.45) is 3.17. The highest BCUT2D eigenvalue weighted by Crippen LogP contribution is 2.27. The van der Waals surface area contributed by atoms with Crippen molar-refractivity contribution in [2.45, 2.75) is 13.0 Å². The number of rotatable bonds is 2. The molecule has 2 aliphatic heterocycles. The van der Waals surface area contributed by atoms with Gasteiger partial charge in [-0.15, -0.1) is 0 Å². The molecule has 2 saturated heterocycles. The predicted octanol–water partition coefficient (Wildman–Crippen LogP) is 2.88. The van der Waals surface area contributed by atoms with Gasteiger partial charge in [0.2, 0.25) is 0 Å². The highest BCUT2D eigenvalue weighted by atomic mass is 16.6. The van der Waals surface area contributed by atoms with E-state index in [1.54, 1.807) is 17.3 Å². The second kappa shape index (κ2) is 6.84. The number of cyclic esters (lactones) is 1. The van der Waals surface area contributed by atoms with Gasteiger partial charge in [0.25, 0.3) is 5.91 Å². The molecule has 1 atom stereocenters. The Morgan fingerprint density at radius 2 is 2.10 bits per heavy atom. The van der Waals surface area contributed by atoms with Gasteiger partial charge < -0.3 is 9.64 Å². The molecule has 1 aromatic carbocycles. The van der Waals surface area contributed by atoms with Crippen LogP contribution >= 0.6 is 0 Å². The van der Waals surface area contributed by atoms with Crippen LogP contribution in [-0.2, 0) is 4.74 Å². The molecule has 3 aromatic rings. The number of aryl methyl sites for hydroxylation is 1. The lowest BCUT2D eigenvalue weighted by Crippen LogP contribution is -2.53. The molecule has 7 heteroatoms. The van der Waals surface area contributed by atoms with Crippen LogP contribution in [0.2, 0.25) is 0 Å². The Bertz CT molecular complexity index is 1120. The average molecular weight is 388 g/mol. The first-order valence-electron chi connectivity index (χ1n) is 9.64. The summed E-state index contributed by atoms with van der Waals surface area (Å²) in [5.41, 5.74) is 4.05. The highest BCUT2D eigenvalue weighted by Gasteiger charge is 2.39. The van der Waals surface area contributed by atoms with Crippen LogP contribution < -0.4 is 0 Å². The molecule has 0 N–H and O–H groups in total. The second-order valence-electron chi connectivity index (χ2n) is 7.49. The van der Waals surface area contributed by atoms with E-state index in [0.717, 1.165) is 27.7 Å². The van der Waals surface area contributed by atoms with Gasteiger partial charge in [0.15, 0.2) is 0 Å². The van der Waals surface area contributed by atoms with E-state index in [0.29, 0.717) is 31.8 Å². The highest BCUT2D eigenvalue weighted by molar-refractivity contribution is 6.07. The minimum atomic E-state index is -0.286. The molecule has 5 rings (SSSR count). The van der Waals surface area contributed by atoms with Crippen molar-refractivity contribution in [3.8, 4) is 11.3 Å². The number of fused-ring (bicyclic) bond motifs is 2. The molecule has 146 valence electrons. The van der Waals surface area contributed by atoms with Crippen LogP contribution in [0.3, 0.4) is 0 Å². The number of benzene rings is 1. The first-order valence-corrected chi connectivity index (χ1v) is 9.64. The number of hydrogen-bond acceptors (Lipinski definition) is 5. The molecular weight excluding hydrogens is 368 g/mol. The van der Waals surface area contributed by atoms with Crippen molar-refractivity contribution in [3.05, 3.63) is 59.9 Å². The van der Waals surface area contributed by atoms with Gasteiger partial charge in [-0.05, 0) is 37.3 Å². The number of aromatic nitrogens is 2. The van der Waals surface area contributed by atoms with E-state index in [1.165, 1.54) is 0 Å². The number of nitrogens with zero attached hydrogens (tertiary/aromatic N) is 4. The minimum Gasteiger partial charge on any atom is -0.447 e. The zero-order valence-electron chi connectivity index (χ0n) is 16.0. The quantitative estimate of drug-likeness (QED) is 0.675. The second-order valence-corrected chi connectivity index (χ2v) is 7.49. The van der Waals surface area contributed by atoms with Gasteiger partial charge in [0, 0.05) is 43.0 Å². The van der Waals surface area contributed by atoms with Crippen molar-refractivity contribution < 1.29 is 14.3 Å². The monoisotopic (exact) mass is 388 g/mol. The lowest BCUT2D eigenvalue weighted by Gasteiger charge is -2.35. The SMILES string of the molecule is Cc1ccc2nc(-c3cccnc3)cc(C(=O)N3CCN4C(=O)OC[C@@H]4C3)c2c1. The Labute approximate surface area is 167 Å². The van der Waals surface area contributed by atoms with E-state index in [4.69, 9.17) is 9.72 Å². The van der Waals surface area contributed by atoms with Crippen LogP contribution in [0, 0.1) is 6.92 Å². The van der Waals surface area contributed by atoms with E-state index < -0.39 is 0 Å². The summed E-state index contributed by atoms with van der Waals surface area (Å²) in [4.78, 5) is 37.7. The number of carbonyl (C=O) groups excluding carboxylic acids is 2. The first-order chi connectivity index (χ1) is 14.1. The summed E-state index contributed by atoms with van der Waals surface area (Å²) >= 11 is 0. The Morgan fingerprint density at radius 1 is 1.21 bits per heavy atom. The summed E-state index contributed by atoms with van der Waals surface area (Å²) in [7, 11) is 0. The Morgan fingerprint density at radius 3 is 2.93 bits per heavy atom. The Hall–Kier alpha value is -3.48. The summed E-state index contributed by atoms with van der Waals surface area (Å²) in [5, 5.41) is 0.837. The summed E-state index contributed by atoms with van der Waals surface area (Å²) in [5.74, 6) is -0.0489. The topological polar surface area (TPSA) is 75.6 Å². The predicted molar refractivity (Wildman–Crippen MR) is 107 cm³/mol. The number of amides is 2. The molecule has 0 radical (unpaired) electrons. The average Bonchev–Trinajstić information content (AvgIpc) is 3.13. The fourth-order valence-electron chi connectivity index (χ4n) is 4.02. The molecule has 0 spiro atoms. The van der Waals surface area contributed by atoms with Crippen molar-refractivity contribution >= 4 is 22.9 Å². The standard InChI is InChI=1S/C22H20N4O3/c1-14-4-5-19-17(9-14)18(10-20(24-19)15-3-2-6-23-11-15)21(27)25-7-8-26-16(12-25)13-29-22(26)28/h2-6,9-11,16H,7-8,12-13H2,1H3/t16-/m0/s1. The van der Waals surface area contributed by atoms with Crippen molar-refractivity contribution in [3.63, 3.8) is 0 Å². The van der Waals surface area contributed by atoms with Crippen LogP contribution in [-0.4, -0.2) is 64.1 Å². The number of pyridine rings is 2. The fourth-order valence-corrected chi connectivity index (χ4v) is 4.02. The van der Waals surface area contributed by atoms with Crippen molar-refractivity contribution in [1.29, 1.82) is 0 Å². The third-order valence-electron chi connectivity index (χ3n) is 5.56. The molecule has 0 bridgehead atoms. The van der Waals surface area contributed by atoms with Gasteiger partial charge >= 0.3 is 6.09 Å². The number of piperazine rings is 1. The zero-order valence-corrected chi connectivity index (χ0v) is 16.0. The summed E-state index contributed by atoms with van der Waals surface area (Å²) < 4.78 is 5.13. The maximum atomic E-state index is 13.5. The molecule has 0 unspecified atom stereocenters. The normalized spacial score (nSPS) is 18.7. The van der Waals surface area contributed by atoms with Crippen LogP contribution in [0.4, 0.5) is 4.79 Å². The zero-order chi connectivity index (χ0) is 20.0. The Balaban J connectivity index is 1.57. The maximum Gasteiger partial charge on any atom is 0.410 e. The van der Waals surface area contributed by atoms with E-state index in [2.05, 4.69) is 4.98 Å². The summed E-state index contributed by atoms with van der Waals surface area (Å²) in [6, 6.07) is 11.5. The maximum absolute atomic E-state index is 13.5. The fraction of sp³-hybridized carbons (Fsp3) is 0.273. The van der Waals surface area contributed by atoms with Gasteiger partial charge in [-0.2, -0.15) is 0 Å². The molecule has 2 fully saturated rings. The smallest absolute Gasteiger partial charge is 0.410 e. The molecule has 2 aromatic heterocycles. The van der Waals surface area contributed by atoms with Crippen molar-refractivity contribution in [2.75, 3.05) is 26.2 Å². The van der Waals surface area contributed by atoms with E-state index in [9.17, 15) is 9.59 Å². The van der Waals surface area contributed by atoms with Crippen LogP contribution in [0.25, 0.3) is 22.2 Å². The molecule has 0 aliphatic carbocycles. The number of carbonyl (C=O) groups is 2. The van der Waals surface area contributed by atoms with Crippen molar-refractivity contribution in [2.24, 2.45) is 0 Å². The van der Waals surface area contributed by atoms with E-state index in [1.807, 2.05) is 48.2 Å². The summed E-state index contributed by atoms with van der Waals surface area (Å²) in [6.45, 7) is 3.79. The van der Waals surface area contributed by atoms with Gasteiger partial charge in [-0.1, -0.05) is 11.6 Å². The minimum absolute atomic E-state index is 0.0489. The third-order valence-corrected chi connectivity index (χ3v) is 5.56. The molecule has 2 aliphatic rings. The molecule has 4 heterocycles. The largest absolute Gasteiger partial charge is 0.447 e. The van der Waals surface area contributed by atoms with Gasteiger partial charge in [-0.25, -0.2) is 9.78 Å². The molecule has 7 nitrogen and oxygen atoms in total. The van der Waals surface area contributed by atoms with Gasteiger partial charge in [-0.3, -0.25) is 14.7 Å². The lowest BCUT2D eigenvalue weighted by atomic mass is 10.0. The van der Waals surface area contributed by atoms with E-state index in [-0.39, 0.29) is 18.0 Å². The molecule has 29 heavy (non-hydrogen) atoms. The van der Waals surface area contributed by atoms with Gasteiger partial charge in [0.1, 0.15) is 6.61 Å². The Kier molecular flexibility index (Phi) is 4.16. The van der Waals surface area contributed by atoms with Crippen molar-refractivity contribution in [1.82, 2.24) is 19.8 Å². The molecular formula is C22H20N4O3. The molecule has 0 saturated carbocycles. The van der Waals surface area contributed by atoms with Crippen LogP contribution in [0.1, 0.15) is 15.9 Å². The van der Waals surface area contributed by atoms with E-state index >= 15 is 0 Å². The first kappa shape index (κ1) is 17.6.